The zero-order valence-corrected chi connectivity index (χ0v) is 39.6. The van der Waals surface area contributed by atoms with Crippen LogP contribution in [0.3, 0.4) is 0 Å². The highest BCUT2D eigenvalue weighted by atomic mass is 32.2. The van der Waals surface area contributed by atoms with Crippen LogP contribution in [-0.4, -0.2) is 84.2 Å². The Morgan fingerprint density at radius 2 is 1.10 bits per heavy atom. The number of thiazole rings is 1. The molecular weight excluding hydrogens is 927 g/mol. The van der Waals surface area contributed by atoms with Crippen molar-refractivity contribution in [2.24, 2.45) is 0 Å². The Balaban J connectivity index is 0.000000168. The number of carbonyl (C=O) groups is 1. The highest BCUT2D eigenvalue weighted by Gasteiger charge is 2.18. The molecule has 1 amide bonds. The highest BCUT2D eigenvalue weighted by Crippen LogP contribution is 2.38. The third-order valence-corrected chi connectivity index (χ3v) is 14.8. The molecule has 3 N–H and O–H groups in total. The third-order valence-electron chi connectivity index (χ3n) is 10.3. The molecule has 4 aromatic carbocycles. The van der Waals surface area contributed by atoms with Crippen LogP contribution in [0, 0.1) is 0 Å². The lowest BCUT2D eigenvalue weighted by atomic mass is 10.0. The van der Waals surface area contributed by atoms with Gasteiger partial charge in [0, 0.05) is 97.9 Å². The van der Waals surface area contributed by atoms with Crippen molar-refractivity contribution in [1.82, 2.24) is 34.9 Å². The molecule has 20 heteroatoms. The summed E-state index contributed by atoms with van der Waals surface area (Å²) in [4.78, 5) is 44.7. The van der Waals surface area contributed by atoms with Crippen molar-refractivity contribution in [3.05, 3.63) is 128 Å². The standard InChI is InChI=1S/C24H19N5O3S2.C23H20N6O2S2/c1-14(30)28-23-10-16-9-15(3-4-21(16)33-23)18-11-17(12-19-24(18)27-8-7-26-19)29-20-13-25-6-5-22(20)34(2,31)32;1-29(2)23-28-17-10-14(4-5-20(17)32-23)16-11-15(12-18-22(16)26-9-8-25-18)27-19-13-24-7-6-21(19)33(3,30)31/h3-13,29H,1-2H3,(H,28,30);4-13,27H,1-3H3. The first-order chi connectivity index (χ1) is 32.1. The van der Waals surface area contributed by atoms with E-state index in [0.717, 1.165) is 70.0 Å². The van der Waals surface area contributed by atoms with E-state index < -0.39 is 19.7 Å². The fourth-order valence-corrected chi connectivity index (χ4v) is 10.8. The molecule has 0 spiro atoms. The van der Waals surface area contributed by atoms with E-state index in [-0.39, 0.29) is 15.7 Å². The second kappa shape index (κ2) is 18.0. The van der Waals surface area contributed by atoms with Gasteiger partial charge in [0.15, 0.2) is 24.8 Å². The van der Waals surface area contributed by atoms with Gasteiger partial charge in [0.25, 0.3) is 0 Å². The van der Waals surface area contributed by atoms with Crippen LogP contribution in [0.15, 0.2) is 138 Å². The fraction of sp³-hybridized carbons (Fsp3) is 0.106. The molecule has 0 aliphatic rings. The van der Waals surface area contributed by atoms with E-state index in [1.807, 2.05) is 79.7 Å². The maximum atomic E-state index is 12.2. The SMILES string of the molecule is CC(=O)Nc1cc2cc(-c3cc(Nc4cnccc4S(C)(=O)=O)cc4nccnc34)ccc2s1.CN(C)c1nc2cc(-c3cc(Nc4cnccc4S(C)(=O)=O)cc4nccnc34)ccc2s1. The molecule has 0 saturated carbocycles. The van der Waals surface area contributed by atoms with Crippen LogP contribution in [0.2, 0.25) is 0 Å². The van der Waals surface area contributed by atoms with Crippen LogP contribution in [0.5, 0.6) is 0 Å². The fourth-order valence-electron chi connectivity index (χ4n) is 7.36. The first kappa shape index (κ1) is 44.7. The number of anilines is 6. The number of hydrogen-bond donors (Lipinski definition) is 3. The zero-order chi connectivity index (χ0) is 47.0. The predicted molar refractivity (Wildman–Crippen MR) is 268 cm³/mol. The minimum absolute atomic E-state index is 0.115. The lowest BCUT2D eigenvalue weighted by Crippen LogP contribution is -2.07. The van der Waals surface area contributed by atoms with Crippen LogP contribution in [0.4, 0.5) is 32.9 Å². The number of pyridine rings is 2. The smallest absolute Gasteiger partial charge is 0.221 e. The lowest BCUT2D eigenvalue weighted by molar-refractivity contribution is -0.114. The average Bonchev–Trinajstić information content (AvgIpc) is 3.92. The monoisotopic (exact) mass is 965 g/mol. The van der Waals surface area contributed by atoms with Crippen molar-refractivity contribution >= 4 is 124 Å². The molecule has 16 nitrogen and oxygen atoms in total. The topological polar surface area (TPSA) is 215 Å². The van der Waals surface area contributed by atoms with E-state index in [1.165, 1.54) is 61.4 Å². The molecule has 0 aliphatic carbocycles. The summed E-state index contributed by atoms with van der Waals surface area (Å²) in [5.74, 6) is -0.115. The lowest BCUT2D eigenvalue weighted by Gasteiger charge is -2.13. The number of benzene rings is 4. The minimum Gasteiger partial charge on any atom is -0.354 e. The Kier molecular flexibility index (Phi) is 12.0. The Morgan fingerprint density at radius 3 is 1.63 bits per heavy atom. The molecule has 0 bridgehead atoms. The molecular formula is C47H39N11O5S4. The highest BCUT2D eigenvalue weighted by molar-refractivity contribution is 7.91. The van der Waals surface area contributed by atoms with Crippen LogP contribution >= 0.6 is 22.7 Å². The summed E-state index contributed by atoms with van der Waals surface area (Å²) in [5.41, 5.74) is 9.43. The molecule has 0 atom stereocenters. The molecule has 6 aromatic heterocycles. The summed E-state index contributed by atoms with van der Waals surface area (Å²) in [6.07, 6.45) is 14.8. The normalized spacial score (nSPS) is 11.7. The molecule has 0 fully saturated rings. The Labute approximate surface area is 392 Å². The van der Waals surface area contributed by atoms with Crippen molar-refractivity contribution in [2.45, 2.75) is 16.7 Å². The van der Waals surface area contributed by atoms with Gasteiger partial charge in [-0.1, -0.05) is 23.5 Å². The number of amides is 1. The van der Waals surface area contributed by atoms with Crippen LogP contribution < -0.4 is 20.9 Å². The van der Waals surface area contributed by atoms with Gasteiger partial charge < -0.3 is 20.9 Å². The number of sulfone groups is 2. The van der Waals surface area contributed by atoms with E-state index >= 15 is 0 Å². The van der Waals surface area contributed by atoms with Gasteiger partial charge in [-0.05, 0) is 83.2 Å². The molecule has 0 radical (unpaired) electrons. The first-order valence-corrected chi connectivity index (χ1v) is 25.7. The van der Waals surface area contributed by atoms with E-state index in [0.29, 0.717) is 33.8 Å². The summed E-state index contributed by atoms with van der Waals surface area (Å²) in [6, 6.07) is 24.6. The zero-order valence-electron chi connectivity index (χ0n) is 36.4. The van der Waals surface area contributed by atoms with Crippen molar-refractivity contribution < 1.29 is 21.6 Å². The second-order valence-electron chi connectivity index (χ2n) is 15.6. The number of fused-ring (bicyclic) bond motifs is 4. The van der Waals surface area contributed by atoms with Crippen LogP contribution in [0.25, 0.3) is 64.6 Å². The quantitative estimate of drug-likeness (QED) is 0.116. The van der Waals surface area contributed by atoms with Gasteiger partial charge in [0.05, 0.1) is 70.8 Å². The number of rotatable bonds is 10. The molecule has 0 aliphatic heterocycles. The van der Waals surface area contributed by atoms with Gasteiger partial charge in [-0.2, -0.15) is 0 Å². The van der Waals surface area contributed by atoms with E-state index in [1.54, 1.807) is 36.1 Å². The van der Waals surface area contributed by atoms with Gasteiger partial charge in [0.1, 0.15) is 0 Å². The number of hydrogen-bond acceptors (Lipinski definition) is 17. The first-order valence-electron chi connectivity index (χ1n) is 20.3. The number of nitrogens with one attached hydrogen (secondary N) is 3. The number of nitrogens with zero attached hydrogens (tertiary/aromatic N) is 8. The third kappa shape index (κ3) is 9.73. The van der Waals surface area contributed by atoms with Crippen molar-refractivity contribution in [2.75, 3.05) is 47.5 Å². The van der Waals surface area contributed by atoms with Gasteiger partial charge in [-0.15, -0.1) is 11.3 Å². The summed E-state index contributed by atoms with van der Waals surface area (Å²) in [6.45, 7) is 1.48. The van der Waals surface area contributed by atoms with E-state index in [4.69, 9.17) is 4.98 Å². The van der Waals surface area contributed by atoms with Crippen molar-refractivity contribution in [3.8, 4) is 22.3 Å². The minimum atomic E-state index is -3.45. The average molecular weight is 966 g/mol. The van der Waals surface area contributed by atoms with Gasteiger partial charge in [-0.3, -0.25) is 34.7 Å². The molecule has 10 rings (SSSR count). The van der Waals surface area contributed by atoms with Crippen LogP contribution in [0.1, 0.15) is 6.92 Å². The maximum absolute atomic E-state index is 12.2. The largest absolute Gasteiger partial charge is 0.354 e. The van der Waals surface area contributed by atoms with Crippen molar-refractivity contribution in [1.29, 1.82) is 0 Å². The molecule has 0 saturated heterocycles. The number of thiophene rings is 1. The Morgan fingerprint density at radius 1 is 0.582 bits per heavy atom. The molecule has 67 heavy (non-hydrogen) atoms. The second-order valence-corrected chi connectivity index (χ2v) is 21.6. The van der Waals surface area contributed by atoms with E-state index in [2.05, 4.69) is 51.9 Å². The Hall–Kier alpha value is -7.52. The molecule has 336 valence electrons. The van der Waals surface area contributed by atoms with Crippen LogP contribution in [-0.2, 0) is 24.5 Å². The number of aromatic nitrogens is 7. The molecule has 10 aromatic rings. The Bertz CT molecular complexity index is 3790. The van der Waals surface area contributed by atoms with Gasteiger partial charge in [0.2, 0.25) is 5.91 Å². The summed E-state index contributed by atoms with van der Waals surface area (Å²) in [7, 11) is -2.93. The summed E-state index contributed by atoms with van der Waals surface area (Å²) in [5, 5.41) is 11.9. The van der Waals surface area contributed by atoms with Crippen molar-refractivity contribution in [3.63, 3.8) is 0 Å². The predicted octanol–water partition coefficient (Wildman–Crippen LogP) is 9.53. The maximum Gasteiger partial charge on any atom is 0.221 e. The van der Waals surface area contributed by atoms with Gasteiger partial charge >= 0.3 is 0 Å². The molecule has 0 unspecified atom stereocenters. The van der Waals surface area contributed by atoms with E-state index in [9.17, 15) is 21.6 Å². The number of carbonyl (C=O) groups excluding carboxylic acids is 1. The van der Waals surface area contributed by atoms with Gasteiger partial charge in [-0.25, -0.2) is 21.8 Å². The summed E-state index contributed by atoms with van der Waals surface area (Å²) < 4.78 is 51.0. The molecule has 6 heterocycles. The summed E-state index contributed by atoms with van der Waals surface area (Å²) >= 11 is 3.14.